The van der Waals surface area contributed by atoms with Gasteiger partial charge in [-0.05, 0) is 6.08 Å². The summed E-state index contributed by atoms with van der Waals surface area (Å²) in [6.45, 7) is 7.83. The summed E-state index contributed by atoms with van der Waals surface area (Å²) in [5, 5.41) is 0. The molecule has 1 rings (SSSR count). The van der Waals surface area contributed by atoms with Crippen LogP contribution in [-0.4, -0.2) is 37.6 Å². The number of hydrogen-bond acceptors (Lipinski definition) is 2. The third-order valence-corrected chi connectivity index (χ3v) is 2.12. The molecule has 1 saturated heterocycles. The third kappa shape index (κ3) is 1.67. The van der Waals surface area contributed by atoms with Crippen molar-refractivity contribution in [1.82, 2.24) is 4.90 Å². The van der Waals surface area contributed by atoms with Gasteiger partial charge in [0.1, 0.15) is 0 Å². The molecule has 1 aliphatic heterocycles. The molecule has 0 aromatic carbocycles. The van der Waals surface area contributed by atoms with Crippen LogP contribution < -0.4 is 0 Å². The first-order chi connectivity index (χ1) is 5.61. The highest BCUT2D eigenvalue weighted by atomic mass is 16.5. The van der Waals surface area contributed by atoms with Crippen molar-refractivity contribution in [3.63, 3.8) is 0 Å². The normalized spacial score (nSPS) is 20.0. The van der Waals surface area contributed by atoms with Gasteiger partial charge in [0.25, 0.3) is 0 Å². The lowest BCUT2D eigenvalue weighted by Crippen LogP contribution is -2.58. The van der Waals surface area contributed by atoms with Crippen LogP contribution in [0.1, 0.15) is 6.92 Å². The molecule has 0 N–H and O–H groups in total. The van der Waals surface area contributed by atoms with Crippen molar-refractivity contribution in [1.29, 1.82) is 0 Å². The van der Waals surface area contributed by atoms with Crippen LogP contribution in [0, 0.1) is 5.41 Å². The fraction of sp³-hybridized carbons (Fsp3) is 0.667. The molecular formula is C9H15NO2. The summed E-state index contributed by atoms with van der Waals surface area (Å²) in [6.07, 6.45) is 1.35. The first-order valence-electron chi connectivity index (χ1n) is 4.01. The highest BCUT2D eigenvalue weighted by Gasteiger charge is 2.40. The summed E-state index contributed by atoms with van der Waals surface area (Å²) in [6, 6.07) is 0. The van der Waals surface area contributed by atoms with E-state index >= 15 is 0 Å². The highest BCUT2D eigenvalue weighted by molar-refractivity contribution is 5.87. The summed E-state index contributed by atoms with van der Waals surface area (Å²) >= 11 is 0. The van der Waals surface area contributed by atoms with E-state index in [0.717, 1.165) is 13.1 Å². The van der Waals surface area contributed by atoms with Gasteiger partial charge >= 0.3 is 0 Å². The molecule has 1 heterocycles. The molecule has 68 valence electrons. The molecule has 0 radical (unpaired) electrons. The molecule has 1 fully saturated rings. The maximum Gasteiger partial charge on any atom is 0.245 e. The van der Waals surface area contributed by atoms with E-state index in [4.69, 9.17) is 4.74 Å². The molecule has 0 saturated carbocycles. The number of rotatable bonds is 3. The Hall–Kier alpha value is -0.830. The Labute approximate surface area is 73.0 Å². The van der Waals surface area contributed by atoms with E-state index in [9.17, 15) is 4.79 Å². The topological polar surface area (TPSA) is 29.5 Å². The molecule has 3 heteroatoms. The van der Waals surface area contributed by atoms with Crippen molar-refractivity contribution in [2.75, 3.05) is 26.8 Å². The Morgan fingerprint density at radius 1 is 1.75 bits per heavy atom. The molecule has 0 atom stereocenters. The van der Waals surface area contributed by atoms with Crippen LogP contribution in [0.5, 0.6) is 0 Å². The summed E-state index contributed by atoms with van der Waals surface area (Å²) < 4.78 is 5.05. The van der Waals surface area contributed by atoms with E-state index in [1.165, 1.54) is 6.08 Å². The van der Waals surface area contributed by atoms with E-state index in [1.54, 1.807) is 12.0 Å². The van der Waals surface area contributed by atoms with Crippen LogP contribution in [0.3, 0.4) is 0 Å². The molecule has 0 bridgehead atoms. The van der Waals surface area contributed by atoms with Crippen LogP contribution in [0.25, 0.3) is 0 Å². The van der Waals surface area contributed by atoms with Crippen LogP contribution in [-0.2, 0) is 9.53 Å². The minimum atomic E-state index is 0.0172. The fourth-order valence-electron chi connectivity index (χ4n) is 1.60. The molecule has 1 aliphatic rings. The summed E-state index contributed by atoms with van der Waals surface area (Å²) in [7, 11) is 1.68. The van der Waals surface area contributed by atoms with Crippen molar-refractivity contribution >= 4 is 5.91 Å². The zero-order valence-corrected chi connectivity index (χ0v) is 7.67. The first kappa shape index (κ1) is 9.26. The van der Waals surface area contributed by atoms with Gasteiger partial charge in [0, 0.05) is 25.6 Å². The Bertz CT molecular complexity index is 195. The number of carbonyl (C=O) groups is 1. The Morgan fingerprint density at radius 2 is 2.33 bits per heavy atom. The van der Waals surface area contributed by atoms with Crippen molar-refractivity contribution in [3.05, 3.63) is 12.7 Å². The number of hydrogen-bond donors (Lipinski definition) is 0. The van der Waals surface area contributed by atoms with Gasteiger partial charge in [0.05, 0.1) is 6.61 Å². The molecule has 0 spiro atoms. The second kappa shape index (κ2) is 3.27. The van der Waals surface area contributed by atoms with E-state index in [0.29, 0.717) is 6.61 Å². The van der Waals surface area contributed by atoms with E-state index in [2.05, 4.69) is 13.5 Å². The maximum atomic E-state index is 11.1. The number of methoxy groups -OCH3 is 1. The number of ether oxygens (including phenoxy) is 1. The lowest BCUT2D eigenvalue weighted by atomic mass is 9.83. The molecule has 12 heavy (non-hydrogen) atoms. The molecular weight excluding hydrogens is 154 g/mol. The van der Waals surface area contributed by atoms with Crippen LogP contribution in [0.4, 0.5) is 0 Å². The quantitative estimate of drug-likeness (QED) is 0.581. The molecule has 0 unspecified atom stereocenters. The molecule has 0 aromatic heterocycles. The predicted octanol–water partition coefficient (Wildman–Crippen LogP) is 0.667. The largest absolute Gasteiger partial charge is 0.384 e. The second-order valence-electron chi connectivity index (χ2n) is 3.64. The zero-order valence-electron chi connectivity index (χ0n) is 7.67. The van der Waals surface area contributed by atoms with Crippen LogP contribution in [0.2, 0.25) is 0 Å². The smallest absolute Gasteiger partial charge is 0.245 e. The van der Waals surface area contributed by atoms with E-state index < -0.39 is 0 Å². The highest BCUT2D eigenvalue weighted by Crippen LogP contribution is 2.29. The summed E-state index contributed by atoms with van der Waals surface area (Å²) in [5.74, 6) is 0.0172. The lowest BCUT2D eigenvalue weighted by Gasteiger charge is -2.47. The minimum Gasteiger partial charge on any atom is -0.384 e. The number of nitrogens with zero attached hydrogens (tertiary/aromatic N) is 1. The maximum absolute atomic E-state index is 11.1. The van der Waals surface area contributed by atoms with Crippen molar-refractivity contribution < 1.29 is 9.53 Å². The van der Waals surface area contributed by atoms with Gasteiger partial charge in [-0.3, -0.25) is 4.79 Å². The van der Waals surface area contributed by atoms with Gasteiger partial charge < -0.3 is 9.64 Å². The van der Waals surface area contributed by atoms with Crippen molar-refractivity contribution in [3.8, 4) is 0 Å². The van der Waals surface area contributed by atoms with Crippen molar-refractivity contribution in [2.24, 2.45) is 5.41 Å². The Balaban J connectivity index is 2.36. The van der Waals surface area contributed by atoms with Gasteiger partial charge in [-0.2, -0.15) is 0 Å². The monoisotopic (exact) mass is 169 g/mol. The summed E-state index contributed by atoms with van der Waals surface area (Å²) in [5.41, 5.74) is 0.160. The lowest BCUT2D eigenvalue weighted by molar-refractivity contribution is -0.140. The van der Waals surface area contributed by atoms with Gasteiger partial charge in [0.15, 0.2) is 0 Å². The predicted molar refractivity (Wildman–Crippen MR) is 46.8 cm³/mol. The molecule has 0 aromatic rings. The molecule has 3 nitrogen and oxygen atoms in total. The van der Waals surface area contributed by atoms with Gasteiger partial charge in [-0.15, -0.1) is 0 Å². The molecule has 0 aliphatic carbocycles. The second-order valence-corrected chi connectivity index (χ2v) is 3.64. The fourth-order valence-corrected chi connectivity index (χ4v) is 1.60. The van der Waals surface area contributed by atoms with Gasteiger partial charge in [-0.1, -0.05) is 13.5 Å². The standard InChI is InChI=1S/C9H15NO2/c1-4-8(11)10-5-9(2,6-10)7-12-3/h4H,1,5-7H2,2-3H3. The zero-order chi connectivity index (χ0) is 9.19. The Morgan fingerprint density at radius 3 is 2.75 bits per heavy atom. The van der Waals surface area contributed by atoms with E-state index in [-0.39, 0.29) is 11.3 Å². The average molecular weight is 169 g/mol. The van der Waals surface area contributed by atoms with Gasteiger partial charge in [-0.25, -0.2) is 0 Å². The first-order valence-corrected chi connectivity index (χ1v) is 4.01. The Kier molecular flexibility index (Phi) is 2.52. The SMILES string of the molecule is C=CC(=O)N1CC(C)(COC)C1. The molecule has 1 amide bonds. The number of amides is 1. The number of carbonyl (C=O) groups excluding carboxylic acids is 1. The summed E-state index contributed by atoms with van der Waals surface area (Å²) in [4.78, 5) is 12.8. The minimum absolute atomic E-state index is 0.0172. The average Bonchev–Trinajstić information content (AvgIpc) is 1.99. The van der Waals surface area contributed by atoms with Crippen LogP contribution in [0.15, 0.2) is 12.7 Å². The van der Waals surface area contributed by atoms with Crippen molar-refractivity contribution in [2.45, 2.75) is 6.92 Å². The van der Waals surface area contributed by atoms with Crippen LogP contribution >= 0.6 is 0 Å². The number of likely N-dealkylation sites (tertiary alicyclic amines) is 1. The van der Waals surface area contributed by atoms with E-state index in [1.807, 2.05) is 0 Å². The van der Waals surface area contributed by atoms with Gasteiger partial charge in [0.2, 0.25) is 5.91 Å². The third-order valence-electron chi connectivity index (χ3n) is 2.12.